The van der Waals surface area contributed by atoms with Crippen molar-refractivity contribution in [1.29, 1.82) is 0 Å². The molecule has 206 valence electrons. The second kappa shape index (κ2) is 10.7. The zero-order chi connectivity index (χ0) is 27.8. The van der Waals surface area contributed by atoms with Crippen molar-refractivity contribution in [3.8, 4) is 0 Å². The lowest BCUT2D eigenvalue weighted by Crippen LogP contribution is -2.59. The minimum atomic E-state index is -3.87. The quantitative estimate of drug-likeness (QED) is 0.453. The van der Waals surface area contributed by atoms with Gasteiger partial charge in [-0.1, -0.05) is 23.7 Å². The number of pyridine rings is 1. The van der Waals surface area contributed by atoms with Gasteiger partial charge in [-0.05, 0) is 60.0 Å². The fourth-order valence-corrected chi connectivity index (χ4v) is 7.19. The van der Waals surface area contributed by atoms with Gasteiger partial charge in [0.05, 0.1) is 16.9 Å². The van der Waals surface area contributed by atoms with Crippen LogP contribution in [0.2, 0.25) is 5.02 Å². The number of carbonyl (C=O) groups excluding carboxylic acids is 2. The summed E-state index contributed by atoms with van der Waals surface area (Å²) in [4.78, 5) is 36.4. The normalized spacial score (nSPS) is 18.4. The maximum Gasteiger partial charge on any atom is 0.243 e. The molecule has 2 aliphatic rings. The molecule has 2 aromatic carbocycles. The zero-order valence-electron chi connectivity index (χ0n) is 22.1. The van der Waals surface area contributed by atoms with Crippen LogP contribution in [-0.4, -0.2) is 92.7 Å². The van der Waals surface area contributed by atoms with Crippen molar-refractivity contribution in [2.24, 2.45) is 5.41 Å². The Hall–Kier alpha value is -3.21. The molecule has 0 bridgehead atoms. The summed E-state index contributed by atoms with van der Waals surface area (Å²) in [7, 11) is -0.392. The first kappa shape index (κ1) is 27.4. The van der Waals surface area contributed by atoms with Crippen LogP contribution in [0.15, 0.2) is 65.8 Å². The summed E-state index contributed by atoms with van der Waals surface area (Å²) < 4.78 is 28.1. The van der Waals surface area contributed by atoms with Crippen LogP contribution in [0.1, 0.15) is 12.8 Å². The first-order valence-electron chi connectivity index (χ1n) is 12.9. The van der Waals surface area contributed by atoms with Gasteiger partial charge in [0.25, 0.3) is 0 Å². The number of amides is 2. The highest BCUT2D eigenvalue weighted by molar-refractivity contribution is 7.89. The first-order chi connectivity index (χ1) is 18.6. The standard InChI is InChI=1S/C28H32ClN5O4S/c1-31(2)27(36)28(9-13-32(14-10-28)24-7-11-30-12-8-24)20-33-15-16-34(19-26(33)35)39(37,38)25-6-4-21-17-23(29)5-3-22(21)18-25/h3-8,11-12,17-18H,9-10,13-16,19-20H2,1-2H3. The number of aromatic nitrogens is 1. The number of piperazine rings is 1. The fraction of sp³-hybridized carbons (Fsp3) is 0.393. The number of piperidine rings is 1. The predicted molar refractivity (Wildman–Crippen MR) is 151 cm³/mol. The third kappa shape index (κ3) is 5.46. The zero-order valence-corrected chi connectivity index (χ0v) is 23.7. The molecule has 3 heterocycles. The van der Waals surface area contributed by atoms with E-state index in [1.54, 1.807) is 72.7 Å². The molecule has 0 radical (unpaired) electrons. The molecular weight excluding hydrogens is 538 g/mol. The maximum atomic E-state index is 13.4. The van der Waals surface area contributed by atoms with Crippen LogP contribution in [0, 0.1) is 5.41 Å². The van der Waals surface area contributed by atoms with E-state index in [0.29, 0.717) is 31.0 Å². The Labute approximate surface area is 234 Å². The van der Waals surface area contributed by atoms with E-state index >= 15 is 0 Å². The summed E-state index contributed by atoms with van der Waals surface area (Å²) in [6, 6.07) is 14.1. The number of sulfonamides is 1. The molecule has 11 heteroatoms. The summed E-state index contributed by atoms with van der Waals surface area (Å²) in [6.07, 6.45) is 4.70. The number of rotatable bonds is 6. The molecule has 5 rings (SSSR count). The number of carbonyl (C=O) groups is 2. The lowest BCUT2D eigenvalue weighted by molar-refractivity contribution is -0.146. The van der Waals surface area contributed by atoms with Gasteiger partial charge in [0.15, 0.2) is 0 Å². The third-order valence-corrected chi connectivity index (χ3v) is 9.87. The van der Waals surface area contributed by atoms with Gasteiger partial charge in [0.1, 0.15) is 0 Å². The molecule has 2 fully saturated rings. The highest BCUT2D eigenvalue weighted by atomic mass is 35.5. The fourth-order valence-electron chi connectivity index (χ4n) is 5.59. The molecule has 0 saturated carbocycles. The molecule has 0 spiro atoms. The summed E-state index contributed by atoms with van der Waals surface area (Å²) in [5.74, 6) is -0.295. The molecule has 2 amide bonds. The maximum absolute atomic E-state index is 13.4. The van der Waals surface area contributed by atoms with Crippen LogP contribution >= 0.6 is 11.6 Å². The van der Waals surface area contributed by atoms with E-state index in [1.165, 1.54) is 4.31 Å². The monoisotopic (exact) mass is 569 g/mol. The van der Waals surface area contributed by atoms with E-state index in [1.807, 2.05) is 12.1 Å². The molecule has 9 nitrogen and oxygen atoms in total. The van der Waals surface area contributed by atoms with E-state index in [9.17, 15) is 18.0 Å². The average Bonchev–Trinajstić information content (AvgIpc) is 2.94. The Bertz CT molecular complexity index is 1490. The number of hydrogen-bond acceptors (Lipinski definition) is 6. The van der Waals surface area contributed by atoms with Crippen LogP contribution in [0.25, 0.3) is 10.8 Å². The molecular formula is C28H32ClN5O4S. The molecule has 2 aliphatic heterocycles. The van der Waals surface area contributed by atoms with Gasteiger partial charge in [-0.15, -0.1) is 0 Å². The minimum absolute atomic E-state index is 0.00371. The van der Waals surface area contributed by atoms with Crippen molar-refractivity contribution in [1.82, 2.24) is 19.1 Å². The van der Waals surface area contributed by atoms with Crippen molar-refractivity contribution in [3.05, 3.63) is 65.9 Å². The summed E-state index contributed by atoms with van der Waals surface area (Å²) in [6.45, 7) is 1.78. The topological polar surface area (TPSA) is 94.1 Å². The van der Waals surface area contributed by atoms with Crippen molar-refractivity contribution in [2.45, 2.75) is 17.7 Å². The van der Waals surface area contributed by atoms with E-state index in [-0.39, 0.29) is 42.9 Å². The number of fused-ring (bicyclic) bond motifs is 1. The highest BCUT2D eigenvalue weighted by Gasteiger charge is 2.45. The Morgan fingerprint density at radius 3 is 2.31 bits per heavy atom. The Morgan fingerprint density at radius 2 is 1.64 bits per heavy atom. The molecule has 3 aromatic rings. The lowest BCUT2D eigenvalue weighted by atomic mass is 9.76. The lowest BCUT2D eigenvalue weighted by Gasteiger charge is -2.46. The number of nitrogens with zero attached hydrogens (tertiary/aromatic N) is 5. The smallest absolute Gasteiger partial charge is 0.243 e. The number of hydrogen-bond donors (Lipinski definition) is 0. The van der Waals surface area contributed by atoms with E-state index in [0.717, 1.165) is 16.5 Å². The van der Waals surface area contributed by atoms with Crippen LogP contribution in [-0.2, 0) is 19.6 Å². The van der Waals surface area contributed by atoms with E-state index in [4.69, 9.17) is 11.6 Å². The highest BCUT2D eigenvalue weighted by Crippen LogP contribution is 2.36. The second-order valence-corrected chi connectivity index (χ2v) is 12.9. The number of halogens is 1. The SMILES string of the molecule is CN(C)C(=O)C1(CN2CCN(S(=O)(=O)c3ccc4cc(Cl)ccc4c3)CC2=O)CCN(c2ccncc2)CC1. The summed E-state index contributed by atoms with van der Waals surface area (Å²) in [5.41, 5.74) is 0.339. The van der Waals surface area contributed by atoms with Crippen LogP contribution < -0.4 is 4.90 Å². The van der Waals surface area contributed by atoms with Gasteiger partial charge in [0.2, 0.25) is 21.8 Å². The van der Waals surface area contributed by atoms with E-state index in [2.05, 4.69) is 9.88 Å². The molecule has 0 atom stereocenters. The number of anilines is 1. The van der Waals surface area contributed by atoms with Gasteiger partial charge in [0, 0.05) is 69.9 Å². The minimum Gasteiger partial charge on any atom is -0.371 e. The Balaban J connectivity index is 1.30. The van der Waals surface area contributed by atoms with E-state index < -0.39 is 15.4 Å². The van der Waals surface area contributed by atoms with Crippen LogP contribution in [0.5, 0.6) is 0 Å². The van der Waals surface area contributed by atoms with Gasteiger partial charge in [-0.25, -0.2) is 8.42 Å². The summed E-state index contributed by atoms with van der Waals surface area (Å²) in [5, 5.41) is 2.18. The largest absolute Gasteiger partial charge is 0.371 e. The molecule has 2 saturated heterocycles. The van der Waals surface area contributed by atoms with Gasteiger partial charge >= 0.3 is 0 Å². The molecule has 39 heavy (non-hydrogen) atoms. The number of benzene rings is 2. The average molecular weight is 570 g/mol. The molecule has 1 aromatic heterocycles. The van der Waals surface area contributed by atoms with Crippen molar-refractivity contribution in [3.63, 3.8) is 0 Å². The third-order valence-electron chi connectivity index (χ3n) is 7.80. The van der Waals surface area contributed by atoms with Gasteiger partial charge in [-0.3, -0.25) is 14.6 Å². The first-order valence-corrected chi connectivity index (χ1v) is 14.7. The van der Waals surface area contributed by atoms with Gasteiger partial charge < -0.3 is 14.7 Å². The van der Waals surface area contributed by atoms with Crippen molar-refractivity contribution < 1.29 is 18.0 Å². The summed E-state index contributed by atoms with van der Waals surface area (Å²) >= 11 is 6.05. The molecule has 0 unspecified atom stereocenters. The Morgan fingerprint density at radius 1 is 0.974 bits per heavy atom. The molecule has 0 N–H and O–H groups in total. The predicted octanol–water partition coefficient (Wildman–Crippen LogP) is 3.10. The van der Waals surface area contributed by atoms with Crippen molar-refractivity contribution >= 4 is 49.9 Å². The Kier molecular flexibility index (Phi) is 7.54. The van der Waals surface area contributed by atoms with Gasteiger partial charge in [-0.2, -0.15) is 4.31 Å². The molecule has 0 aliphatic carbocycles. The van der Waals surface area contributed by atoms with Crippen LogP contribution in [0.4, 0.5) is 5.69 Å². The van der Waals surface area contributed by atoms with Crippen LogP contribution in [0.3, 0.4) is 0 Å². The second-order valence-electron chi connectivity index (χ2n) is 10.5. The van der Waals surface area contributed by atoms with Crippen molar-refractivity contribution in [2.75, 3.05) is 58.3 Å².